The van der Waals surface area contributed by atoms with Crippen LogP contribution in [0.4, 0.5) is 4.39 Å². The molecule has 1 heterocycles. The van der Waals surface area contributed by atoms with E-state index in [4.69, 9.17) is 4.42 Å². The number of hydrogen-bond acceptors (Lipinski definition) is 5. The zero-order valence-electron chi connectivity index (χ0n) is 12.7. The Balaban J connectivity index is 2.00. The highest BCUT2D eigenvalue weighted by Gasteiger charge is 2.19. The molecule has 2 rings (SSSR count). The zero-order valence-corrected chi connectivity index (χ0v) is 13.5. The van der Waals surface area contributed by atoms with E-state index in [2.05, 4.69) is 15.5 Å². The second-order valence-electron chi connectivity index (χ2n) is 5.25. The highest BCUT2D eigenvalue weighted by atomic mass is 32.2. The van der Waals surface area contributed by atoms with E-state index in [1.807, 2.05) is 13.8 Å². The van der Waals surface area contributed by atoms with Crippen LogP contribution in [-0.4, -0.2) is 27.9 Å². The van der Waals surface area contributed by atoms with Crippen LogP contribution in [0.1, 0.15) is 20.8 Å². The number of aromatic nitrogens is 2. The Hall–Kier alpha value is -1.89. The molecule has 0 saturated carbocycles. The number of halogens is 1. The van der Waals surface area contributed by atoms with Gasteiger partial charge in [-0.15, -0.1) is 10.2 Å². The van der Waals surface area contributed by atoms with Crippen LogP contribution in [0.2, 0.25) is 0 Å². The molecular formula is C15H18FN3O2S. The summed E-state index contributed by atoms with van der Waals surface area (Å²) in [6.45, 7) is 6.43. The lowest BCUT2D eigenvalue weighted by molar-refractivity contribution is -0.120. The first-order valence-corrected chi connectivity index (χ1v) is 7.88. The minimum Gasteiger partial charge on any atom is -0.411 e. The van der Waals surface area contributed by atoms with Crippen molar-refractivity contribution in [1.82, 2.24) is 15.5 Å². The van der Waals surface area contributed by atoms with Gasteiger partial charge in [0.15, 0.2) is 0 Å². The summed E-state index contributed by atoms with van der Waals surface area (Å²) in [6.07, 6.45) is 0. The van der Waals surface area contributed by atoms with Crippen molar-refractivity contribution in [3.8, 4) is 11.5 Å². The van der Waals surface area contributed by atoms with E-state index in [0.717, 1.165) is 11.8 Å². The number of carbonyl (C=O) groups is 1. The summed E-state index contributed by atoms with van der Waals surface area (Å²) in [5, 5.41) is 10.4. The number of hydrogen-bond donors (Lipinski definition) is 1. The van der Waals surface area contributed by atoms with Crippen LogP contribution >= 0.6 is 11.8 Å². The molecule has 1 aromatic heterocycles. The molecule has 22 heavy (non-hydrogen) atoms. The molecule has 0 bridgehead atoms. The van der Waals surface area contributed by atoms with Crippen molar-refractivity contribution in [3.63, 3.8) is 0 Å². The molecule has 2 aromatic rings. The fourth-order valence-corrected chi connectivity index (χ4v) is 2.36. The summed E-state index contributed by atoms with van der Waals surface area (Å²) >= 11 is 1.15. The third-order valence-electron chi connectivity index (χ3n) is 2.84. The summed E-state index contributed by atoms with van der Waals surface area (Å²) in [5.41, 5.74) is 0.249. The van der Waals surface area contributed by atoms with Crippen LogP contribution in [0.3, 0.4) is 0 Å². The van der Waals surface area contributed by atoms with E-state index in [9.17, 15) is 9.18 Å². The van der Waals surface area contributed by atoms with E-state index in [-0.39, 0.29) is 27.8 Å². The Kier molecular flexibility index (Phi) is 5.54. The topological polar surface area (TPSA) is 68.0 Å². The quantitative estimate of drug-likeness (QED) is 0.827. The number of amides is 1. The molecule has 118 valence electrons. The zero-order chi connectivity index (χ0) is 16.1. The normalized spacial score (nSPS) is 12.4. The average Bonchev–Trinajstić information content (AvgIpc) is 2.93. The van der Waals surface area contributed by atoms with Gasteiger partial charge in [-0.05, 0) is 25.0 Å². The molecule has 1 atom stereocenters. The second-order valence-corrected chi connectivity index (χ2v) is 6.54. The van der Waals surface area contributed by atoms with E-state index in [1.54, 1.807) is 25.1 Å². The van der Waals surface area contributed by atoms with Crippen LogP contribution in [-0.2, 0) is 4.79 Å². The van der Waals surface area contributed by atoms with Crippen LogP contribution < -0.4 is 5.32 Å². The van der Waals surface area contributed by atoms with Crippen LogP contribution in [0, 0.1) is 11.7 Å². The Morgan fingerprint density at radius 1 is 1.32 bits per heavy atom. The number of benzene rings is 1. The Morgan fingerprint density at radius 3 is 2.73 bits per heavy atom. The molecule has 7 heteroatoms. The molecule has 0 aliphatic heterocycles. The van der Waals surface area contributed by atoms with Crippen molar-refractivity contribution >= 4 is 17.7 Å². The third kappa shape index (κ3) is 4.30. The van der Waals surface area contributed by atoms with Gasteiger partial charge < -0.3 is 9.73 Å². The molecule has 0 spiro atoms. The lowest BCUT2D eigenvalue weighted by Gasteiger charge is -2.11. The van der Waals surface area contributed by atoms with Crippen molar-refractivity contribution in [2.75, 3.05) is 6.54 Å². The fraction of sp³-hybridized carbons (Fsp3) is 0.400. The van der Waals surface area contributed by atoms with Gasteiger partial charge in [0.2, 0.25) is 5.91 Å². The lowest BCUT2D eigenvalue weighted by Crippen LogP contribution is -2.33. The summed E-state index contributed by atoms with van der Waals surface area (Å²) in [5.74, 6) is -0.0256. The van der Waals surface area contributed by atoms with E-state index < -0.39 is 5.82 Å². The van der Waals surface area contributed by atoms with Gasteiger partial charge in [-0.1, -0.05) is 37.7 Å². The predicted molar refractivity (Wildman–Crippen MR) is 82.9 cm³/mol. The van der Waals surface area contributed by atoms with E-state index in [1.165, 1.54) is 6.07 Å². The molecule has 1 aromatic carbocycles. The third-order valence-corrected chi connectivity index (χ3v) is 3.78. The molecule has 0 radical (unpaired) electrons. The van der Waals surface area contributed by atoms with Gasteiger partial charge in [0, 0.05) is 6.54 Å². The summed E-state index contributed by atoms with van der Waals surface area (Å²) in [6, 6.07) is 6.17. The maximum atomic E-state index is 13.7. The Labute approximate surface area is 132 Å². The first-order chi connectivity index (χ1) is 10.5. The van der Waals surface area contributed by atoms with Crippen LogP contribution in [0.5, 0.6) is 0 Å². The van der Waals surface area contributed by atoms with Crippen LogP contribution in [0.15, 0.2) is 33.9 Å². The first-order valence-electron chi connectivity index (χ1n) is 7.00. The monoisotopic (exact) mass is 323 g/mol. The number of nitrogens with zero attached hydrogens (tertiary/aromatic N) is 2. The molecule has 0 saturated heterocycles. The van der Waals surface area contributed by atoms with Crippen molar-refractivity contribution in [3.05, 3.63) is 30.1 Å². The SMILES string of the molecule is CC(C)CNC(=O)[C@@H](C)Sc1nnc(-c2ccccc2F)o1. The van der Waals surface area contributed by atoms with E-state index in [0.29, 0.717) is 12.5 Å². The number of nitrogens with one attached hydrogen (secondary N) is 1. The molecule has 1 N–H and O–H groups in total. The van der Waals surface area contributed by atoms with Gasteiger partial charge in [0.25, 0.3) is 11.1 Å². The maximum Gasteiger partial charge on any atom is 0.277 e. The standard InChI is InChI=1S/C15H18FN3O2S/c1-9(2)8-17-13(20)10(3)22-15-19-18-14(21-15)11-6-4-5-7-12(11)16/h4-7,9-10H,8H2,1-3H3,(H,17,20)/t10-/m1/s1. The van der Waals surface area contributed by atoms with Gasteiger partial charge in [-0.3, -0.25) is 4.79 Å². The average molecular weight is 323 g/mol. The lowest BCUT2D eigenvalue weighted by atomic mass is 10.2. The number of rotatable bonds is 6. The minimum absolute atomic E-state index is 0.0932. The van der Waals surface area contributed by atoms with Gasteiger partial charge in [0.1, 0.15) is 5.82 Å². The molecule has 0 aliphatic rings. The Bertz CT molecular complexity index is 645. The smallest absolute Gasteiger partial charge is 0.277 e. The van der Waals surface area contributed by atoms with Crippen molar-refractivity contribution in [2.45, 2.75) is 31.2 Å². The minimum atomic E-state index is -0.426. The van der Waals surface area contributed by atoms with Gasteiger partial charge >= 0.3 is 0 Å². The van der Waals surface area contributed by atoms with Crippen molar-refractivity contribution in [1.29, 1.82) is 0 Å². The van der Waals surface area contributed by atoms with Gasteiger partial charge in [-0.2, -0.15) is 0 Å². The highest BCUT2D eigenvalue weighted by Crippen LogP contribution is 2.27. The number of thioether (sulfide) groups is 1. The summed E-state index contributed by atoms with van der Waals surface area (Å²) < 4.78 is 19.1. The maximum absolute atomic E-state index is 13.7. The molecular weight excluding hydrogens is 305 g/mol. The second kappa shape index (κ2) is 7.40. The van der Waals surface area contributed by atoms with E-state index >= 15 is 0 Å². The van der Waals surface area contributed by atoms with Crippen molar-refractivity contribution in [2.24, 2.45) is 5.92 Å². The highest BCUT2D eigenvalue weighted by molar-refractivity contribution is 8.00. The molecule has 0 fully saturated rings. The first kappa shape index (κ1) is 16.5. The van der Waals surface area contributed by atoms with Crippen molar-refractivity contribution < 1.29 is 13.6 Å². The molecule has 0 aliphatic carbocycles. The van der Waals surface area contributed by atoms with Crippen LogP contribution in [0.25, 0.3) is 11.5 Å². The van der Waals surface area contributed by atoms with Gasteiger partial charge in [0.05, 0.1) is 10.8 Å². The predicted octanol–water partition coefficient (Wildman–Crippen LogP) is 3.13. The largest absolute Gasteiger partial charge is 0.411 e. The molecule has 5 nitrogen and oxygen atoms in total. The summed E-state index contributed by atoms with van der Waals surface area (Å²) in [4.78, 5) is 11.9. The Morgan fingerprint density at radius 2 is 2.05 bits per heavy atom. The molecule has 0 unspecified atom stereocenters. The van der Waals surface area contributed by atoms with Gasteiger partial charge in [-0.25, -0.2) is 4.39 Å². The fourth-order valence-electron chi connectivity index (χ4n) is 1.65. The summed E-state index contributed by atoms with van der Waals surface area (Å²) in [7, 11) is 0. The number of carbonyl (C=O) groups excluding carboxylic acids is 1. The molecule has 1 amide bonds.